The first kappa shape index (κ1) is 15.9. The average molecular weight is 317 g/mol. The molecule has 3 aliphatic rings. The molecule has 23 heavy (non-hydrogen) atoms. The molecule has 3 rings (SSSR count). The van der Waals surface area contributed by atoms with E-state index >= 15 is 0 Å². The fourth-order valence-electron chi connectivity index (χ4n) is 3.38. The van der Waals surface area contributed by atoms with Crippen molar-refractivity contribution in [1.29, 1.82) is 0 Å². The van der Waals surface area contributed by atoms with Crippen molar-refractivity contribution in [3.8, 4) is 0 Å². The lowest BCUT2D eigenvalue weighted by atomic mass is 9.93. The van der Waals surface area contributed by atoms with E-state index in [1.54, 1.807) is 12.5 Å². The van der Waals surface area contributed by atoms with E-state index < -0.39 is 0 Å². The van der Waals surface area contributed by atoms with Crippen LogP contribution in [0.5, 0.6) is 0 Å². The maximum Gasteiger partial charge on any atom is 0.302 e. The minimum Gasteiger partial charge on any atom is -0.466 e. The number of ether oxygens (including phenoxy) is 3. The van der Waals surface area contributed by atoms with Gasteiger partial charge in [-0.15, -0.1) is 0 Å². The van der Waals surface area contributed by atoms with E-state index in [4.69, 9.17) is 14.2 Å². The number of likely N-dealkylation sites (tertiary alicyclic amines) is 1. The molecule has 1 saturated heterocycles. The smallest absolute Gasteiger partial charge is 0.302 e. The highest BCUT2D eigenvalue weighted by Crippen LogP contribution is 2.30. The van der Waals surface area contributed by atoms with E-state index in [0.29, 0.717) is 0 Å². The van der Waals surface area contributed by atoms with Crippen LogP contribution in [0.2, 0.25) is 0 Å². The van der Waals surface area contributed by atoms with Crippen LogP contribution in [0.3, 0.4) is 0 Å². The van der Waals surface area contributed by atoms with Gasteiger partial charge in [-0.3, -0.25) is 9.69 Å². The van der Waals surface area contributed by atoms with Gasteiger partial charge in [0.1, 0.15) is 24.9 Å². The molecule has 5 nitrogen and oxygen atoms in total. The van der Waals surface area contributed by atoms with Crippen molar-refractivity contribution >= 4 is 5.97 Å². The fraction of sp³-hybridized carbons (Fsp3) is 0.500. The van der Waals surface area contributed by atoms with Crippen molar-refractivity contribution in [1.82, 2.24) is 4.90 Å². The first-order valence-corrected chi connectivity index (χ1v) is 8.18. The molecule has 0 bridgehead atoms. The summed E-state index contributed by atoms with van der Waals surface area (Å²) in [4.78, 5) is 13.6. The van der Waals surface area contributed by atoms with Gasteiger partial charge in [-0.1, -0.05) is 18.2 Å². The van der Waals surface area contributed by atoms with Gasteiger partial charge in [0.15, 0.2) is 5.76 Å². The first-order chi connectivity index (χ1) is 11.2. The zero-order chi connectivity index (χ0) is 16.1. The predicted octanol–water partition coefficient (Wildman–Crippen LogP) is 3.02. The molecule has 0 aromatic rings. The average Bonchev–Trinajstić information content (AvgIpc) is 2.57. The summed E-state index contributed by atoms with van der Waals surface area (Å²) in [7, 11) is 0. The number of carbonyl (C=O) groups excluding carboxylic acids is 1. The van der Waals surface area contributed by atoms with Crippen LogP contribution >= 0.6 is 0 Å². The van der Waals surface area contributed by atoms with Gasteiger partial charge >= 0.3 is 5.97 Å². The summed E-state index contributed by atoms with van der Waals surface area (Å²) in [5.74, 6) is 0.574. The summed E-state index contributed by atoms with van der Waals surface area (Å²) < 4.78 is 16.4. The standard InChI is InChI=1S/C18H23NO4/c1-14(20)23-16-8-5-9-19(12-16)18(15-6-3-2-4-7-15)17-13-21-10-11-22-17/h2-3,6,10-11,13,16,18H,4-5,7-9,12H2,1H3. The maximum atomic E-state index is 11.3. The molecule has 0 amide bonds. The van der Waals surface area contributed by atoms with E-state index in [-0.39, 0.29) is 18.1 Å². The minimum absolute atomic E-state index is 0.0308. The van der Waals surface area contributed by atoms with Crippen molar-refractivity contribution in [2.75, 3.05) is 13.1 Å². The second kappa shape index (κ2) is 7.51. The quantitative estimate of drug-likeness (QED) is 0.746. The largest absolute Gasteiger partial charge is 0.466 e. The van der Waals surface area contributed by atoms with Crippen LogP contribution in [0.4, 0.5) is 0 Å². The monoisotopic (exact) mass is 317 g/mol. The number of hydrogen-bond acceptors (Lipinski definition) is 5. The van der Waals surface area contributed by atoms with E-state index in [0.717, 1.165) is 44.5 Å². The third-order valence-electron chi connectivity index (χ3n) is 4.30. The maximum absolute atomic E-state index is 11.3. The number of carbonyl (C=O) groups is 1. The molecule has 0 saturated carbocycles. The zero-order valence-electron chi connectivity index (χ0n) is 13.4. The second-order valence-electron chi connectivity index (χ2n) is 6.03. The molecular formula is C18H23NO4. The summed E-state index contributed by atoms with van der Waals surface area (Å²) in [5, 5.41) is 0. The molecule has 0 aromatic carbocycles. The Bertz CT molecular complexity index is 561. The molecule has 0 N–H and O–H groups in total. The molecule has 0 spiro atoms. The molecule has 2 atom stereocenters. The summed E-state index contributed by atoms with van der Waals surface area (Å²) in [6, 6.07) is 0.0308. The van der Waals surface area contributed by atoms with Crippen molar-refractivity contribution < 1.29 is 19.0 Å². The van der Waals surface area contributed by atoms with Gasteiger partial charge in [0.05, 0.1) is 6.04 Å². The molecule has 1 aliphatic carbocycles. The van der Waals surface area contributed by atoms with Gasteiger partial charge in [0.25, 0.3) is 0 Å². The van der Waals surface area contributed by atoms with E-state index in [2.05, 4.69) is 23.1 Å². The number of esters is 1. The zero-order valence-corrected chi connectivity index (χ0v) is 13.4. The van der Waals surface area contributed by atoms with Crippen molar-refractivity contribution in [2.45, 2.75) is 44.8 Å². The highest BCUT2D eigenvalue weighted by atomic mass is 16.5. The molecule has 0 radical (unpaired) electrons. The van der Waals surface area contributed by atoms with Crippen LogP contribution in [0.15, 0.2) is 48.3 Å². The van der Waals surface area contributed by atoms with Gasteiger partial charge in [-0.2, -0.15) is 0 Å². The SMILES string of the molecule is CC(=O)OC1CCCN(C(C2=CC=CCC2)C2=COC=CO2)C1. The predicted molar refractivity (Wildman–Crippen MR) is 86.0 cm³/mol. The molecule has 124 valence electrons. The number of allylic oxidation sites excluding steroid dienone is 3. The van der Waals surface area contributed by atoms with E-state index in [1.165, 1.54) is 18.8 Å². The number of rotatable bonds is 4. The summed E-state index contributed by atoms with van der Waals surface area (Å²) >= 11 is 0. The van der Waals surface area contributed by atoms with Gasteiger partial charge in [-0.05, 0) is 37.8 Å². The Hall–Kier alpha value is -2.01. The molecular weight excluding hydrogens is 294 g/mol. The lowest BCUT2D eigenvalue weighted by molar-refractivity contribution is -0.149. The first-order valence-electron chi connectivity index (χ1n) is 8.18. The van der Waals surface area contributed by atoms with Crippen LogP contribution in [-0.4, -0.2) is 36.1 Å². The Morgan fingerprint density at radius 2 is 2.35 bits per heavy atom. The van der Waals surface area contributed by atoms with Crippen LogP contribution in [0, 0.1) is 0 Å². The number of nitrogens with zero attached hydrogens (tertiary/aromatic N) is 1. The van der Waals surface area contributed by atoms with Gasteiger partial charge in [0, 0.05) is 13.5 Å². The molecule has 5 heteroatoms. The van der Waals surface area contributed by atoms with Crippen molar-refractivity contribution in [2.24, 2.45) is 0 Å². The third kappa shape index (κ3) is 4.05. The van der Waals surface area contributed by atoms with Gasteiger partial charge in [0.2, 0.25) is 0 Å². The second-order valence-corrected chi connectivity index (χ2v) is 6.03. The molecule has 2 unspecified atom stereocenters. The topological polar surface area (TPSA) is 48.0 Å². The number of piperidine rings is 1. The lowest BCUT2D eigenvalue weighted by Gasteiger charge is -2.39. The Labute approximate surface area is 136 Å². The summed E-state index contributed by atoms with van der Waals surface area (Å²) in [6.45, 7) is 3.14. The molecule has 1 fully saturated rings. The van der Waals surface area contributed by atoms with Crippen molar-refractivity contribution in [3.05, 3.63) is 48.3 Å². The van der Waals surface area contributed by atoms with Gasteiger partial charge in [-0.25, -0.2) is 0 Å². The Balaban J connectivity index is 1.79. The Morgan fingerprint density at radius 3 is 3.04 bits per heavy atom. The van der Waals surface area contributed by atoms with Crippen LogP contribution in [0.1, 0.15) is 32.6 Å². The summed E-state index contributed by atoms with van der Waals surface area (Å²) in [5.41, 5.74) is 1.31. The van der Waals surface area contributed by atoms with Gasteiger partial charge < -0.3 is 14.2 Å². The lowest BCUT2D eigenvalue weighted by Crippen LogP contribution is -2.48. The number of hydrogen-bond donors (Lipinski definition) is 0. The fourth-order valence-corrected chi connectivity index (χ4v) is 3.38. The van der Waals surface area contributed by atoms with E-state index in [9.17, 15) is 4.79 Å². The molecule has 2 aliphatic heterocycles. The van der Waals surface area contributed by atoms with Crippen LogP contribution < -0.4 is 0 Å². The molecule has 2 heterocycles. The van der Waals surface area contributed by atoms with E-state index in [1.807, 2.05) is 0 Å². The van der Waals surface area contributed by atoms with Crippen LogP contribution in [-0.2, 0) is 19.0 Å². The minimum atomic E-state index is -0.215. The third-order valence-corrected chi connectivity index (χ3v) is 4.30. The molecule has 0 aromatic heterocycles. The normalized spacial score (nSPS) is 25.7. The summed E-state index contributed by atoms with van der Waals surface area (Å²) in [6.07, 6.45) is 15.1. The Morgan fingerprint density at radius 1 is 1.43 bits per heavy atom. The van der Waals surface area contributed by atoms with Crippen LogP contribution in [0.25, 0.3) is 0 Å². The highest BCUT2D eigenvalue weighted by molar-refractivity contribution is 5.66. The Kier molecular flexibility index (Phi) is 5.18. The highest BCUT2D eigenvalue weighted by Gasteiger charge is 2.33. The van der Waals surface area contributed by atoms with Crippen molar-refractivity contribution in [3.63, 3.8) is 0 Å².